The van der Waals surface area contributed by atoms with Crippen LogP contribution in [0.1, 0.15) is 12.5 Å². The van der Waals surface area contributed by atoms with Gasteiger partial charge in [0.2, 0.25) is 0 Å². The Morgan fingerprint density at radius 1 is 1.35 bits per heavy atom. The Labute approximate surface area is 101 Å². The van der Waals surface area contributed by atoms with Crippen LogP contribution in [-0.4, -0.2) is 21.0 Å². The van der Waals surface area contributed by atoms with Gasteiger partial charge < -0.3 is 10.8 Å². The molecule has 4 nitrogen and oxygen atoms in total. The molecule has 0 bridgehead atoms. The molecule has 1 aromatic carbocycles. The molecule has 1 aromatic heterocycles. The fraction of sp³-hybridized carbons (Fsp3) is 0.308. The molecule has 0 saturated carbocycles. The molecule has 0 aliphatic carbocycles. The SMILES string of the molecule is CC(O)Cc1ccccc1-c1cnn(C)c1N. The van der Waals surface area contributed by atoms with Crippen LogP contribution >= 0.6 is 0 Å². The molecular weight excluding hydrogens is 214 g/mol. The lowest BCUT2D eigenvalue weighted by molar-refractivity contribution is 0.195. The molecule has 90 valence electrons. The molecule has 2 aromatic rings. The summed E-state index contributed by atoms with van der Waals surface area (Å²) in [6.07, 6.45) is 2.01. The fourth-order valence-electron chi connectivity index (χ4n) is 1.93. The number of hydrogen-bond donors (Lipinski definition) is 2. The first-order valence-electron chi connectivity index (χ1n) is 5.63. The van der Waals surface area contributed by atoms with Gasteiger partial charge in [0, 0.05) is 12.6 Å². The molecule has 3 N–H and O–H groups in total. The zero-order valence-corrected chi connectivity index (χ0v) is 10.1. The number of anilines is 1. The van der Waals surface area contributed by atoms with E-state index in [1.54, 1.807) is 17.8 Å². The summed E-state index contributed by atoms with van der Waals surface area (Å²) in [5.41, 5.74) is 9.02. The van der Waals surface area contributed by atoms with Crippen molar-refractivity contribution in [3.8, 4) is 11.1 Å². The van der Waals surface area contributed by atoms with E-state index < -0.39 is 0 Å². The highest BCUT2D eigenvalue weighted by atomic mass is 16.3. The van der Waals surface area contributed by atoms with Crippen LogP contribution in [0.3, 0.4) is 0 Å². The van der Waals surface area contributed by atoms with Crippen LogP contribution in [0, 0.1) is 0 Å². The maximum atomic E-state index is 9.50. The number of aliphatic hydroxyl groups is 1. The van der Waals surface area contributed by atoms with Gasteiger partial charge in [-0.05, 0) is 24.5 Å². The average molecular weight is 231 g/mol. The van der Waals surface area contributed by atoms with E-state index in [2.05, 4.69) is 5.10 Å². The van der Waals surface area contributed by atoms with Crippen LogP contribution in [0.5, 0.6) is 0 Å². The van der Waals surface area contributed by atoms with E-state index in [0.29, 0.717) is 12.2 Å². The Balaban J connectivity index is 2.48. The minimum absolute atomic E-state index is 0.367. The van der Waals surface area contributed by atoms with E-state index in [1.807, 2.05) is 31.3 Å². The van der Waals surface area contributed by atoms with Crippen molar-refractivity contribution in [2.75, 3.05) is 5.73 Å². The summed E-state index contributed by atoms with van der Waals surface area (Å²) in [7, 11) is 1.82. The molecule has 0 radical (unpaired) electrons. The highest BCUT2D eigenvalue weighted by Gasteiger charge is 2.12. The number of rotatable bonds is 3. The molecule has 0 saturated heterocycles. The molecule has 0 amide bonds. The third kappa shape index (κ3) is 2.31. The minimum atomic E-state index is -0.367. The smallest absolute Gasteiger partial charge is 0.129 e. The normalized spacial score (nSPS) is 12.6. The topological polar surface area (TPSA) is 64.1 Å². The van der Waals surface area contributed by atoms with Gasteiger partial charge in [-0.25, -0.2) is 0 Å². The summed E-state index contributed by atoms with van der Waals surface area (Å²) < 4.78 is 1.65. The summed E-state index contributed by atoms with van der Waals surface area (Å²) in [4.78, 5) is 0. The lowest BCUT2D eigenvalue weighted by Crippen LogP contribution is -2.06. The second-order valence-corrected chi connectivity index (χ2v) is 4.28. The number of aliphatic hydroxyl groups excluding tert-OH is 1. The summed E-state index contributed by atoms with van der Waals surface area (Å²) in [5, 5.41) is 13.6. The Hall–Kier alpha value is -1.81. The molecule has 17 heavy (non-hydrogen) atoms. The van der Waals surface area contributed by atoms with Crippen molar-refractivity contribution in [3.63, 3.8) is 0 Å². The highest BCUT2D eigenvalue weighted by molar-refractivity contribution is 5.76. The van der Waals surface area contributed by atoms with Gasteiger partial charge in [0.25, 0.3) is 0 Å². The summed E-state index contributed by atoms with van der Waals surface area (Å²) >= 11 is 0. The Bertz CT molecular complexity index is 517. The van der Waals surface area contributed by atoms with Gasteiger partial charge in [0.1, 0.15) is 5.82 Å². The van der Waals surface area contributed by atoms with E-state index in [-0.39, 0.29) is 6.10 Å². The van der Waals surface area contributed by atoms with Gasteiger partial charge in [-0.2, -0.15) is 5.10 Å². The monoisotopic (exact) mass is 231 g/mol. The number of aryl methyl sites for hydroxylation is 1. The maximum absolute atomic E-state index is 9.50. The van der Waals surface area contributed by atoms with Crippen LogP contribution < -0.4 is 5.73 Å². The van der Waals surface area contributed by atoms with Gasteiger partial charge in [0.05, 0.1) is 12.3 Å². The van der Waals surface area contributed by atoms with Gasteiger partial charge in [0.15, 0.2) is 0 Å². The molecule has 1 heterocycles. The first-order chi connectivity index (χ1) is 8.09. The summed E-state index contributed by atoms with van der Waals surface area (Å²) in [6, 6.07) is 7.95. The van der Waals surface area contributed by atoms with Crippen molar-refractivity contribution in [2.45, 2.75) is 19.4 Å². The van der Waals surface area contributed by atoms with E-state index in [0.717, 1.165) is 16.7 Å². The largest absolute Gasteiger partial charge is 0.393 e. The minimum Gasteiger partial charge on any atom is -0.393 e. The summed E-state index contributed by atoms with van der Waals surface area (Å²) in [5.74, 6) is 0.642. The van der Waals surface area contributed by atoms with E-state index >= 15 is 0 Å². The second kappa shape index (κ2) is 4.59. The molecule has 2 rings (SSSR count). The number of nitrogens with two attached hydrogens (primary N) is 1. The van der Waals surface area contributed by atoms with Crippen molar-refractivity contribution in [3.05, 3.63) is 36.0 Å². The zero-order valence-electron chi connectivity index (χ0n) is 10.1. The average Bonchev–Trinajstić information content (AvgIpc) is 2.60. The Morgan fingerprint density at radius 3 is 2.65 bits per heavy atom. The van der Waals surface area contributed by atoms with Crippen LogP contribution in [0.2, 0.25) is 0 Å². The van der Waals surface area contributed by atoms with E-state index in [4.69, 9.17) is 5.73 Å². The second-order valence-electron chi connectivity index (χ2n) is 4.28. The number of hydrogen-bond acceptors (Lipinski definition) is 3. The predicted octanol–water partition coefficient (Wildman–Crippen LogP) is 1.59. The molecular formula is C13H17N3O. The fourth-order valence-corrected chi connectivity index (χ4v) is 1.93. The zero-order chi connectivity index (χ0) is 12.4. The molecule has 0 aliphatic rings. The molecule has 4 heteroatoms. The molecule has 1 atom stereocenters. The molecule has 0 spiro atoms. The lowest BCUT2D eigenvalue weighted by atomic mass is 9.98. The summed E-state index contributed by atoms with van der Waals surface area (Å²) in [6.45, 7) is 1.78. The number of nitrogen functional groups attached to an aromatic ring is 1. The third-order valence-electron chi connectivity index (χ3n) is 2.81. The Kier molecular flexibility index (Phi) is 3.15. The maximum Gasteiger partial charge on any atom is 0.129 e. The van der Waals surface area contributed by atoms with Crippen molar-refractivity contribution in [2.24, 2.45) is 7.05 Å². The van der Waals surface area contributed by atoms with Crippen molar-refractivity contribution in [1.29, 1.82) is 0 Å². The highest BCUT2D eigenvalue weighted by Crippen LogP contribution is 2.28. The van der Waals surface area contributed by atoms with Crippen LogP contribution in [0.4, 0.5) is 5.82 Å². The van der Waals surface area contributed by atoms with E-state index in [1.165, 1.54) is 0 Å². The third-order valence-corrected chi connectivity index (χ3v) is 2.81. The quantitative estimate of drug-likeness (QED) is 0.843. The van der Waals surface area contributed by atoms with Crippen LogP contribution in [-0.2, 0) is 13.5 Å². The molecule has 0 fully saturated rings. The Morgan fingerprint density at radius 2 is 2.06 bits per heavy atom. The standard InChI is InChI=1S/C13H17N3O/c1-9(17)7-10-5-3-4-6-11(10)12-8-15-16(2)13(12)14/h3-6,8-9,17H,7,14H2,1-2H3. The predicted molar refractivity (Wildman–Crippen MR) is 68.4 cm³/mol. The lowest BCUT2D eigenvalue weighted by Gasteiger charge is -2.10. The van der Waals surface area contributed by atoms with Crippen LogP contribution in [0.25, 0.3) is 11.1 Å². The van der Waals surface area contributed by atoms with Crippen molar-refractivity contribution >= 4 is 5.82 Å². The number of nitrogens with zero attached hydrogens (tertiary/aromatic N) is 2. The van der Waals surface area contributed by atoms with Crippen LogP contribution in [0.15, 0.2) is 30.5 Å². The van der Waals surface area contributed by atoms with Gasteiger partial charge in [-0.3, -0.25) is 4.68 Å². The number of aromatic nitrogens is 2. The first-order valence-corrected chi connectivity index (χ1v) is 5.63. The number of benzene rings is 1. The van der Waals surface area contributed by atoms with E-state index in [9.17, 15) is 5.11 Å². The molecule has 0 aliphatic heterocycles. The van der Waals surface area contributed by atoms with Gasteiger partial charge in [-0.1, -0.05) is 24.3 Å². The van der Waals surface area contributed by atoms with Gasteiger partial charge in [-0.15, -0.1) is 0 Å². The van der Waals surface area contributed by atoms with Gasteiger partial charge >= 0.3 is 0 Å². The first kappa shape index (κ1) is 11.7. The molecule has 1 unspecified atom stereocenters. The van der Waals surface area contributed by atoms with Crippen molar-refractivity contribution in [1.82, 2.24) is 9.78 Å². The van der Waals surface area contributed by atoms with Crippen molar-refractivity contribution < 1.29 is 5.11 Å².